The SMILES string of the molecule is CC(C)(C(Cc1cc(Cl)ccc1Cl)NN)S(C)(=O)=O. The van der Waals surface area contributed by atoms with Crippen LogP contribution in [0.1, 0.15) is 19.4 Å². The summed E-state index contributed by atoms with van der Waals surface area (Å²) in [5.41, 5.74) is 3.32. The lowest BCUT2D eigenvalue weighted by Gasteiger charge is -2.32. The van der Waals surface area contributed by atoms with Crippen LogP contribution in [0, 0.1) is 0 Å². The molecule has 7 heteroatoms. The zero-order chi connectivity index (χ0) is 14.8. The van der Waals surface area contributed by atoms with Gasteiger partial charge in [-0.15, -0.1) is 0 Å². The first-order chi connectivity index (χ1) is 8.59. The number of rotatable bonds is 5. The van der Waals surface area contributed by atoms with Crippen molar-refractivity contribution in [1.29, 1.82) is 0 Å². The number of nitrogens with one attached hydrogen (secondary N) is 1. The van der Waals surface area contributed by atoms with Crippen molar-refractivity contribution in [3.63, 3.8) is 0 Å². The Bertz CT molecular complexity index is 559. The predicted molar refractivity (Wildman–Crippen MR) is 80.2 cm³/mol. The van der Waals surface area contributed by atoms with Crippen LogP contribution < -0.4 is 11.3 Å². The summed E-state index contributed by atoms with van der Waals surface area (Å²) in [7, 11) is -3.28. The first-order valence-electron chi connectivity index (χ1n) is 5.69. The van der Waals surface area contributed by atoms with E-state index in [2.05, 4.69) is 5.43 Å². The molecule has 1 aromatic rings. The summed E-state index contributed by atoms with van der Waals surface area (Å²) in [6.45, 7) is 3.26. The van der Waals surface area contributed by atoms with Crippen LogP contribution in [-0.4, -0.2) is 25.5 Å². The predicted octanol–water partition coefficient (Wildman–Crippen LogP) is 2.19. The van der Waals surface area contributed by atoms with E-state index in [9.17, 15) is 8.42 Å². The Morgan fingerprint density at radius 1 is 1.37 bits per heavy atom. The highest BCUT2D eigenvalue weighted by atomic mass is 35.5. The van der Waals surface area contributed by atoms with E-state index in [4.69, 9.17) is 29.0 Å². The third-order valence-corrected chi connectivity index (χ3v) is 6.23. The summed E-state index contributed by atoms with van der Waals surface area (Å²) in [4.78, 5) is 0. The maximum Gasteiger partial charge on any atom is 0.154 e. The van der Waals surface area contributed by atoms with Gasteiger partial charge in [0, 0.05) is 22.3 Å². The molecule has 0 aliphatic heterocycles. The molecule has 1 rings (SSSR count). The van der Waals surface area contributed by atoms with E-state index in [1.807, 2.05) is 0 Å². The van der Waals surface area contributed by atoms with E-state index in [0.717, 1.165) is 5.56 Å². The Hall–Kier alpha value is -0.330. The molecular formula is C12H18Cl2N2O2S. The van der Waals surface area contributed by atoms with Gasteiger partial charge in [-0.3, -0.25) is 11.3 Å². The Labute approximate surface area is 124 Å². The van der Waals surface area contributed by atoms with Gasteiger partial charge in [-0.2, -0.15) is 0 Å². The van der Waals surface area contributed by atoms with Gasteiger partial charge in [0.25, 0.3) is 0 Å². The molecule has 0 radical (unpaired) electrons. The number of sulfone groups is 1. The number of benzene rings is 1. The second kappa shape index (κ2) is 5.97. The topological polar surface area (TPSA) is 72.2 Å². The van der Waals surface area contributed by atoms with Crippen LogP contribution in [-0.2, 0) is 16.3 Å². The smallest absolute Gasteiger partial charge is 0.154 e. The second-order valence-electron chi connectivity index (χ2n) is 5.03. The van der Waals surface area contributed by atoms with Crippen LogP contribution in [0.5, 0.6) is 0 Å². The lowest BCUT2D eigenvalue weighted by Crippen LogP contribution is -2.55. The number of nitrogens with two attached hydrogens (primary N) is 1. The maximum absolute atomic E-state index is 11.8. The monoisotopic (exact) mass is 324 g/mol. The molecule has 1 unspecified atom stereocenters. The maximum atomic E-state index is 11.8. The Morgan fingerprint density at radius 2 is 1.95 bits per heavy atom. The number of hydrogen-bond donors (Lipinski definition) is 2. The van der Waals surface area contributed by atoms with Crippen molar-refractivity contribution in [2.45, 2.75) is 31.1 Å². The van der Waals surface area contributed by atoms with Crippen LogP contribution in [0.15, 0.2) is 18.2 Å². The standard InChI is InChI=1S/C12H18Cl2N2O2S/c1-12(2,19(3,17)18)11(16-15)7-8-6-9(13)4-5-10(8)14/h4-6,11,16H,7,15H2,1-3H3. The molecule has 1 aromatic carbocycles. The van der Waals surface area contributed by atoms with Crippen molar-refractivity contribution in [2.75, 3.05) is 6.26 Å². The molecule has 0 saturated heterocycles. The highest BCUT2D eigenvalue weighted by Crippen LogP contribution is 2.27. The van der Waals surface area contributed by atoms with Gasteiger partial charge in [-0.05, 0) is 44.0 Å². The fourth-order valence-corrected chi connectivity index (χ4v) is 2.74. The van der Waals surface area contributed by atoms with Crippen LogP contribution in [0.25, 0.3) is 0 Å². The molecule has 0 aliphatic carbocycles. The molecule has 3 N–H and O–H groups in total. The van der Waals surface area contributed by atoms with Crippen molar-refractivity contribution in [3.8, 4) is 0 Å². The lowest BCUT2D eigenvalue weighted by molar-refractivity contribution is 0.413. The zero-order valence-electron chi connectivity index (χ0n) is 11.1. The minimum absolute atomic E-state index is 0.371. The summed E-state index contributed by atoms with van der Waals surface area (Å²) >= 11 is 12.0. The van der Waals surface area contributed by atoms with Crippen LogP contribution in [0.2, 0.25) is 10.0 Å². The summed E-state index contributed by atoms with van der Waals surface area (Å²) in [6, 6.07) is 4.60. The zero-order valence-corrected chi connectivity index (χ0v) is 13.4. The molecule has 0 saturated carbocycles. The molecular weight excluding hydrogens is 307 g/mol. The Kier molecular flexibility index (Phi) is 5.26. The largest absolute Gasteiger partial charge is 0.271 e. The average molecular weight is 325 g/mol. The fourth-order valence-electron chi connectivity index (χ4n) is 1.68. The molecule has 0 spiro atoms. The highest BCUT2D eigenvalue weighted by molar-refractivity contribution is 7.92. The van der Waals surface area contributed by atoms with Crippen molar-refractivity contribution in [1.82, 2.24) is 5.43 Å². The van der Waals surface area contributed by atoms with Gasteiger partial charge < -0.3 is 0 Å². The van der Waals surface area contributed by atoms with Crippen molar-refractivity contribution >= 4 is 33.0 Å². The quantitative estimate of drug-likeness (QED) is 0.643. The third-order valence-electron chi connectivity index (χ3n) is 3.43. The molecule has 108 valence electrons. The van der Waals surface area contributed by atoms with Crippen molar-refractivity contribution in [2.24, 2.45) is 5.84 Å². The van der Waals surface area contributed by atoms with Crippen molar-refractivity contribution < 1.29 is 8.42 Å². The van der Waals surface area contributed by atoms with Gasteiger partial charge in [-0.25, -0.2) is 8.42 Å². The van der Waals surface area contributed by atoms with E-state index in [-0.39, 0.29) is 0 Å². The molecule has 19 heavy (non-hydrogen) atoms. The fraction of sp³-hybridized carbons (Fsp3) is 0.500. The first kappa shape index (κ1) is 16.7. The van der Waals surface area contributed by atoms with Gasteiger partial charge in [0.15, 0.2) is 9.84 Å². The lowest BCUT2D eigenvalue weighted by atomic mass is 9.96. The molecule has 0 amide bonds. The van der Waals surface area contributed by atoms with Crippen LogP contribution >= 0.6 is 23.2 Å². The normalized spacial score (nSPS) is 14.4. The molecule has 0 aromatic heterocycles. The Balaban J connectivity index is 3.10. The summed E-state index contributed by atoms with van der Waals surface area (Å²) < 4.78 is 22.7. The van der Waals surface area contributed by atoms with E-state index in [1.54, 1.807) is 32.0 Å². The summed E-state index contributed by atoms with van der Waals surface area (Å²) in [6.07, 6.45) is 1.56. The molecule has 0 bridgehead atoms. The van der Waals surface area contributed by atoms with Crippen LogP contribution in [0.3, 0.4) is 0 Å². The first-order valence-corrected chi connectivity index (χ1v) is 8.34. The number of hydrazine groups is 1. The van der Waals surface area contributed by atoms with Gasteiger partial charge in [-0.1, -0.05) is 23.2 Å². The molecule has 4 nitrogen and oxygen atoms in total. The molecule has 0 heterocycles. The van der Waals surface area contributed by atoms with E-state index in [1.165, 1.54) is 6.26 Å². The molecule has 0 fully saturated rings. The van der Waals surface area contributed by atoms with E-state index < -0.39 is 20.6 Å². The second-order valence-corrected chi connectivity index (χ2v) is 8.47. The third kappa shape index (κ3) is 3.83. The van der Waals surface area contributed by atoms with Gasteiger partial charge in [0.05, 0.1) is 4.75 Å². The number of halogens is 2. The van der Waals surface area contributed by atoms with E-state index in [0.29, 0.717) is 16.5 Å². The van der Waals surface area contributed by atoms with Gasteiger partial charge in [0.2, 0.25) is 0 Å². The minimum Gasteiger partial charge on any atom is -0.271 e. The molecule has 1 atom stereocenters. The summed E-state index contributed by atoms with van der Waals surface area (Å²) in [5.74, 6) is 5.50. The average Bonchev–Trinajstić information content (AvgIpc) is 2.28. The van der Waals surface area contributed by atoms with Gasteiger partial charge in [0.1, 0.15) is 0 Å². The van der Waals surface area contributed by atoms with Crippen LogP contribution in [0.4, 0.5) is 0 Å². The van der Waals surface area contributed by atoms with E-state index >= 15 is 0 Å². The van der Waals surface area contributed by atoms with Gasteiger partial charge >= 0.3 is 0 Å². The van der Waals surface area contributed by atoms with Crippen molar-refractivity contribution in [3.05, 3.63) is 33.8 Å². The Morgan fingerprint density at radius 3 is 2.42 bits per heavy atom. The highest BCUT2D eigenvalue weighted by Gasteiger charge is 2.38. The minimum atomic E-state index is -3.28. The number of hydrogen-bond acceptors (Lipinski definition) is 4. The molecule has 0 aliphatic rings. The summed E-state index contributed by atoms with van der Waals surface area (Å²) in [5, 5.41) is 1.08.